The first-order chi connectivity index (χ1) is 8.08. The Hall–Kier alpha value is -1.32. The predicted molar refractivity (Wildman–Crippen MR) is 64.6 cm³/mol. The van der Waals surface area contributed by atoms with Crippen LogP contribution in [0.1, 0.15) is 43.2 Å². The summed E-state index contributed by atoms with van der Waals surface area (Å²) in [6.45, 7) is 5.89. The normalized spacial score (nSPS) is 16.9. The summed E-state index contributed by atoms with van der Waals surface area (Å²) in [7, 11) is 0. The minimum Gasteiger partial charge on any atom is -0.361 e. The molecule has 1 saturated carbocycles. The van der Waals surface area contributed by atoms with Gasteiger partial charge in [0, 0.05) is 18.0 Å². The number of nitrogens with zero attached hydrogens (tertiary/aromatic N) is 1. The van der Waals surface area contributed by atoms with Gasteiger partial charge >= 0.3 is 0 Å². The van der Waals surface area contributed by atoms with Gasteiger partial charge in [-0.3, -0.25) is 4.79 Å². The van der Waals surface area contributed by atoms with Crippen molar-refractivity contribution >= 4 is 5.91 Å². The summed E-state index contributed by atoms with van der Waals surface area (Å²) < 4.78 is 5.08. The van der Waals surface area contributed by atoms with E-state index in [-0.39, 0.29) is 5.91 Å². The molecule has 2 rings (SSSR count). The van der Waals surface area contributed by atoms with Crippen molar-refractivity contribution in [3.8, 4) is 0 Å². The lowest BCUT2D eigenvalue weighted by molar-refractivity contribution is -0.121. The molecule has 17 heavy (non-hydrogen) atoms. The first-order valence-corrected chi connectivity index (χ1v) is 6.29. The van der Waals surface area contributed by atoms with Crippen molar-refractivity contribution < 1.29 is 9.32 Å². The summed E-state index contributed by atoms with van der Waals surface area (Å²) in [6.07, 6.45) is 3.74. The number of aromatic nitrogens is 1. The van der Waals surface area contributed by atoms with Crippen molar-refractivity contribution in [2.75, 3.05) is 0 Å². The van der Waals surface area contributed by atoms with Crippen LogP contribution in [0.3, 0.4) is 0 Å². The molecular weight excluding hydrogens is 216 g/mol. The van der Waals surface area contributed by atoms with Gasteiger partial charge < -0.3 is 9.84 Å². The second kappa shape index (κ2) is 4.90. The Bertz CT molecular complexity index is 388. The van der Waals surface area contributed by atoms with Crippen molar-refractivity contribution in [2.45, 2.75) is 52.5 Å². The van der Waals surface area contributed by atoms with E-state index < -0.39 is 0 Å². The summed E-state index contributed by atoms with van der Waals surface area (Å²) in [6, 6.07) is 0.326. The van der Waals surface area contributed by atoms with Gasteiger partial charge in [-0.15, -0.1) is 0 Å². The fourth-order valence-corrected chi connectivity index (χ4v) is 2.14. The molecule has 1 N–H and O–H groups in total. The van der Waals surface area contributed by atoms with Gasteiger partial charge in [0.05, 0.1) is 5.69 Å². The number of nitrogens with one attached hydrogen (secondary N) is 1. The molecule has 4 nitrogen and oxygen atoms in total. The van der Waals surface area contributed by atoms with Crippen molar-refractivity contribution in [1.82, 2.24) is 10.5 Å². The highest BCUT2D eigenvalue weighted by Crippen LogP contribution is 2.32. The maximum absolute atomic E-state index is 11.7. The van der Waals surface area contributed by atoms with Crippen LogP contribution in [0, 0.1) is 19.8 Å². The molecule has 1 aromatic rings. The molecule has 1 amide bonds. The summed E-state index contributed by atoms with van der Waals surface area (Å²) >= 11 is 0. The van der Waals surface area contributed by atoms with E-state index in [2.05, 4.69) is 17.4 Å². The molecule has 4 heteroatoms. The van der Waals surface area contributed by atoms with Gasteiger partial charge in [-0.1, -0.05) is 5.16 Å². The molecule has 0 aromatic carbocycles. The molecular formula is C13H20N2O2. The largest absolute Gasteiger partial charge is 0.361 e. The van der Waals surface area contributed by atoms with Crippen LogP contribution in [-0.2, 0) is 11.2 Å². The summed E-state index contributed by atoms with van der Waals surface area (Å²) in [5, 5.41) is 6.94. The predicted octanol–water partition coefficient (Wildman–Crippen LogP) is 2.14. The zero-order valence-electron chi connectivity index (χ0n) is 10.7. The quantitative estimate of drug-likeness (QED) is 0.852. The Morgan fingerprint density at radius 1 is 1.53 bits per heavy atom. The maximum Gasteiger partial charge on any atom is 0.220 e. The SMILES string of the molecule is Cc1noc(C)c1CCC(=O)NC(C)C1CC1. The minimum atomic E-state index is 0.129. The van der Waals surface area contributed by atoms with Gasteiger partial charge in [0.2, 0.25) is 5.91 Å². The van der Waals surface area contributed by atoms with Crippen LogP contribution in [-0.4, -0.2) is 17.1 Å². The smallest absolute Gasteiger partial charge is 0.220 e. The maximum atomic E-state index is 11.7. The van der Waals surface area contributed by atoms with E-state index in [1.165, 1.54) is 12.8 Å². The van der Waals surface area contributed by atoms with Crippen molar-refractivity contribution in [3.63, 3.8) is 0 Å². The number of carbonyl (C=O) groups excluding carboxylic acids is 1. The van der Waals surface area contributed by atoms with E-state index in [1.54, 1.807) is 0 Å². The van der Waals surface area contributed by atoms with Gasteiger partial charge in [0.25, 0.3) is 0 Å². The van der Waals surface area contributed by atoms with Crippen LogP contribution < -0.4 is 5.32 Å². The number of hydrogen-bond acceptors (Lipinski definition) is 3. The average molecular weight is 236 g/mol. The molecule has 1 unspecified atom stereocenters. The van der Waals surface area contributed by atoms with Crippen LogP contribution in [0.5, 0.6) is 0 Å². The third kappa shape index (κ3) is 3.08. The highest BCUT2D eigenvalue weighted by Gasteiger charge is 2.28. The number of hydrogen-bond donors (Lipinski definition) is 1. The van der Waals surface area contributed by atoms with E-state index in [0.717, 1.165) is 17.0 Å². The highest BCUT2D eigenvalue weighted by atomic mass is 16.5. The fourth-order valence-electron chi connectivity index (χ4n) is 2.14. The molecule has 0 bridgehead atoms. The van der Waals surface area contributed by atoms with E-state index >= 15 is 0 Å². The topological polar surface area (TPSA) is 55.1 Å². The Morgan fingerprint density at radius 3 is 2.76 bits per heavy atom. The lowest BCUT2D eigenvalue weighted by Crippen LogP contribution is -2.34. The molecule has 0 aliphatic heterocycles. The molecule has 1 aliphatic carbocycles. The molecule has 0 radical (unpaired) electrons. The Labute approximate surface area is 102 Å². The number of aryl methyl sites for hydroxylation is 2. The zero-order valence-corrected chi connectivity index (χ0v) is 10.7. The highest BCUT2D eigenvalue weighted by molar-refractivity contribution is 5.76. The van der Waals surface area contributed by atoms with Gasteiger partial charge in [-0.25, -0.2) is 0 Å². The Kier molecular flexibility index (Phi) is 3.50. The van der Waals surface area contributed by atoms with Crippen molar-refractivity contribution in [1.29, 1.82) is 0 Å². The van der Waals surface area contributed by atoms with Crippen LogP contribution in [0.25, 0.3) is 0 Å². The zero-order chi connectivity index (χ0) is 12.4. The Balaban J connectivity index is 1.79. The second-order valence-electron chi connectivity index (χ2n) is 5.00. The molecule has 1 heterocycles. The first kappa shape index (κ1) is 12.1. The van der Waals surface area contributed by atoms with E-state index in [1.807, 2.05) is 13.8 Å². The van der Waals surface area contributed by atoms with Crippen LogP contribution >= 0.6 is 0 Å². The monoisotopic (exact) mass is 236 g/mol. The molecule has 0 saturated heterocycles. The Morgan fingerprint density at radius 2 is 2.24 bits per heavy atom. The molecule has 94 valence electrons. The molecule has 0 spiro atoms. The number of rotatable bonds is 5. The van der Waals surface area contributed by atoms with Crippen LogP contribution in [0.2, 0.25) is 0 Å². The molecule has 1 aliphatic rings. The third-order valence-electron chi connectivity index (χ3n) is 3.50. The van der Waals surface area contributed by atoms with Crippen LogP contribution in [0.15, 0.2) is 4.52 Å². The fraction of sp³-hybridized carbons (Fsp3) is 0.692. The van der Waals surface area contributed by atoms with E-state index in [4.69, 9.17) is 4.52 Å². The molecule has 1 fully saturated rings. The minimum absolute atomic E-state index is 0.129. The average Bonchev–Trinajstić information content (AvgIpc) is 3.06. The van der Waals surface area contributed by atoms with E-state index in [0.29, 0.717) is 24.8 Å². The second-order valence-corrected chi connectivity index (χ2v) is 5.00. The summed E-state index contributed by atoms with van der Waals surface area (Å²) in [5.41, 5.74) is 1.96. The van der Waals surface area contributed by atoms with Gasteiger partial charge in [0.15, 0.2) is 0 Å². The van der Waals surface area contributed by atoms with Crippen molar-refractivity contribution in [2.24, 2.45) is 5.92 Å². The molecule has 1 aromatic heterocycles. The summed E-state index contributed by atoms with van der Waals surface area (Å²) in [5.74, 6) is 1.66. The van der Waals surface area contributed by atoms with Gasteiger partial charge in [-0.2, -0.15) is 0 Å². The summed E-state index contributed by atoms with van der Waals surface area (Å²) in [4.78, 5) is 11.7. The van der Waals surface area contributed by atoms with E-state index in [9.17, 15) is 4.79 Å². The molecule has 1 atom stereocenters. The van der Waals surface area contributed by atoms with Crippen LogP contribution in [0.4, 0.5) is 0 Å². The lowest BCUT2D eigenvalue weighted by atomic mass is 10.1. The number of amides is 1. The number of carbonyl (C=O) groups is 1. The van der Waals surface area contributed by atoms with Gasteiger partial charge in [-0.05, 0) is 46.0 Å². The third-order valence-corrected chi connectivity index (χ3v) is 3.50. The van der Waals surface area contributed by atoms with Gasteiger partial charge in [0.1, 0.15) is 5.76 Å². The standard InChI is InChI=1S/C13H20N2O2/c1-8(11-4-5-11)14-13(16)7-6-12-9(2)15-17-10(12)3/h8,11H,4-7H2,1-3H3,(H,14,16). The van der Waals surface area contributed by atoms with Crippen molar-refractivity contribution in [3.05, 3.63) is 17.0 Å². The lowest BCUT2D eigenvalue weighted by Gasteiger charge is -2.12. The first-order valence-electron chi connectivity index (χ1n) is 6.29.